The molecule has 0 aliphatic carbocycles. The molecule has 0 aromatic heterocycles. The highest BCUT2D eigenvalue weighted by atomic mass is 16.5. The number of anilines is 1. The number of carbonyl (C=O) groups excluding carboxylic acids is 1. The zero-order chi connectivity index (χ0) is 11.3. The second-order valence-corrected chi connectivity index (χ2v) is 3.41. The van der Waals surface area contributed by atoms with Gasteiger partial charge in [-0.2, -0.15) is 0 Å². The molecule has 1 aromatic rings. The van der Waals surface area contributed by atoms with Crippen molar-refractivity contribution in [2.75, 3.05) is 12.4 Å². The number of methoxy groups -OCH3 is 1. The minimum absolute atomic E-state index is 0.190. The van der Waals surface area contributed by atoms with Gasteiger partial charge in [0.25, 0.3) is 0 Å². The van der Waals surface area contributed by atoms with E-state index in [0.29, 0.717) is 6.61 Å². The lowest BCUT2D eigenvalue weighted by atomic mass is 10.2. The molecular weight excluding hydrogens is 192 g/mol. The van der Waals surface area contributed by atoms with Gasteiger partial charge in [-0.05, 0) is 24.6 Å². The average Bonchev–Trinajstić information content (AvgIpc) is 2.18. The number of hydrogen-bond acceptors (Lipinski definition) is 3. The first kappa shape index (κ1) is 11.7. The standard InChI is InChI=1S/C11H16N2O2/c1-8(12)11(14)13-10-5-3-4-9(6-10)7-15-2/h3-6,8H,7,12H2,1-2H3,(H,13,14)/t8-/m1/s1. The summed E-state index contributed by atoms with van der Waals surface area (Å²) >= 11 is 0. The van der Waals surface area contributed by atoms with Crippen molar-refractivity contribution in [2.45, 2.75) is 19.6 Å². The zero-order valence-corrected chi connectivity index (χ0v) is 8.99. The maximum Gasteiger partial charge on any atom is 0.240 e. The third-order valence-electron chi connectivity index (χ3n) is 1.92. The van der Waals surface area contributed by atoms with Gasteiger partial charge in [-0.15, -0.1) is 0 Å². The highest BCUT2D eigenvalue weighted by molar-refractivity contribution is 5.94. The van der Waals surface area contributed by atoms with E-state index in [0.717, 1.165) is 11.3 Å². The third-order valence-corrected chi connectivity index (χ3v) is 1.92. The molecule has 0 bridgehead atoms. The van der Waals surface area contributed by atoms with Crippen LogP contribution in [-0.2, 0) is 16.1 Å². The Morgan fingerprint density at radius 1 is 1.60 bits per heavy atom. The van der Waals surface area contributed by atoms with Gasteiger partial charge in [0.15, 0.2) is 0 Å². The summed E-state index contributed by atoms with van der Waals surface area (Å²) in [6.07, 6.45) is 0. The van der Waals surface area contributed by atoms with Gasteiger partial charge in [0.05, 0.1) is 12.6 Å². The van der Waals surface area contributed by atoms with Crippen molar-refractivity contribution in [2.24, 2.45) is 5.73 Å². The van der Waals surface area contributed by atoms with E-state index in [-0.39, 0.29) is 5.91 Å². The molecule has 0 heterocycles. The molecule has 0 aliphatic rings. The SMILES string of the molecule is COCc1cccc(NC(=O)[C@@H](C)N)c1. The topological polar surface area (TPSA) is 64.3 Å². The molecule has 4 nitrogen and oxygen atoms in total. The van der Waals surface area contributed by atoms with Crippen molar-refractivity contribution in [1.29, 1.82) is 0 Å². The fourth-order valence-corrected chi connectivity index (χ4v) is 1.16. The number of hydrogen-bond donors (Lipinski definition) is 2. The lowest BCUT2D eigenvalue weighted by molar-refractivity contribution is -0.117. The Hall–Kier alpha value is -1.39. The summed E-state index contributed by atoms with van der Waals surface area (Å²) in [6.45, 7) is 2.18. The van der Waals surface area contributed by atoms with E-state index in [2.05, 4.69) is 5.32 Å². The van der Waals surface area contributed by atoms with Crippen molar-refractivity contribution < 1.29 is 9.53 Å². The van der Waals surface area contributed by atoms with E-state index in [4.69, 9.17) is 10.5 Å². The summed E-state index contributed by atoms with van der Waals surface area (Å²) in [7, 11) is 1.63. The Kier molecular flexibility index (Phi) is 4.27. The van der Waals surface area contributed by atoms with Gasteiger partial charge in [-0.25, -0.2) is 0 Å². The van der Waals surface area contributed by atoms with Crippen LogP contribution in [-0.4, -0.2) is 19.1 Å². The van der Waals surface area contributed by atoms with E-state index >= 15 is 0 Å². The van der Waals surface area contributed by atoms with Gasteiger partial charge in [0.2, 0.25) is 5.91 Å². The predicted molar refractivity (Wildman–Crippen MR) is 59.4 cm³/mol. The van der Waals surface area contributed by atoms with Crippen LogP contribution in [0.15, 0.2) is 24.3 Å². The summed E-state index contributed by atoms with van der Waals surface area (Å²) < 4.78 is 5.00. The average molecular weight is 208 g/mol. The van der Waals surface area contributed by atoms with Crippen molar-refractivity contribution in [3.8, 4) is 0 Å². The molecule has 1 aromatic carbocycles. The van der Waals surface area contributed by atoms with Gasteiger partial charge in [-0.1, -0.05) is 12.1 Å². The van der Waals surface area contributed by atoms with Crippen LogP contribution in [0.2, 0.25) is 0 Å². The third kappa shape index (κ3) is 3.69. The minimum atomic E-state index is -0.504. The molecule has 82 valence electrons. The molecule has 1 amide bonds. The van der Waals surface area contributed by atoms with Crippen molar-refractivity contribution >= 4 is 11.6 Å². The van der Waals surface area contributed by atoms with Gasteiger partial charge >= 0.3 is 0 Å². The quantitative estimate of drug-likeness (QED) is 0.779. The normalized spacial score (nSPS) is 12.2. The molecule has 0 spiro atoms. The van der Waals surface area contributed by atoms with Gasteiger partial charge in [0, 0.05) is 12.8 Å². The summed E-state index contributed by atoms with van der Waals surface area (Å²) in [5.41, 5.74) is 7.20. The molecule has 0 saturated heterocycles. The largest absolute Gasteiger partial charge is 0.380 e. The number of benzene rings is 1. The van der Waals surface area contributed by atoms with Crippen LogP contribution in [0.5, 0.6) is 0 Å². The molecule has 0 unspecified atom stereocenters. The molecule has 3 N–H and O–H groups in total. The first-order valence-corrected chi connectivity index (χ1v) is 4.78. The zero-order valence-electron chi connectivity index (χ0n) is 8.99. The first-order valence-electron chi connectivity index (χ1n) is 4.78. The summed E-state index contributed by atoms with van der Waals surface area (Å²) in [5, 5.41) is 2.72. The van der Waals surface area contributed by atoms with Crippen LogP contribution in [0.1, 0.15) is 12.5 Å². The Morgan fingerprint density at radius 3 is 2.93 bits per heavy atom. The number of nitrogens with two attached hydrogens (primary N) is 1. The molecule has 0 fully saturated rings. The van der Waals surface area contributed by atoms with Crippen LogP contribution in [0.3, 0.4) is 0 Å². The van der Waals surface area contributed by atoms with E-state index in [1.807, 2.05) is 24.3 Å². The number of nitrogens with one attached hydrogen (secondary N) is 1. The lowest BCUT2D eigenvalue weighted by Crippen LogP contribution is -2.32. The van der Waals surface area contributed by atoms with E-state index in [1.165, 1.54) is 0 Å². The summed E-state index contributed by atoms with van der Waals surface area (Å²) in [6, 6.07) is 6.98. The molecule has 0 radical (unpaired) electrons. The molecular formula is C11H16N2O2. The smallest absolute Gasteiger partial charge is 0.240 e. The maximum atomic E-state index is 11.3. The van der Waals surface area contributed by atoms with E-state index in [1.54, 1.807) is 14.0 Å². The molecule has 0 aliphatic heterocycles. The van der Waals surface area contributed by atoms with Gasteiger partial charge in [0.1, 0.15) is 0 Å². The first-order chi connectivity index (χ1) is 7.13. The molecule has 0 saturated carbocycles. The van der Waals surface area contributed by atoms with Crippen LogP contribution in [0, 0.1) is 0 Å². The monoisotopic (exact) mass is 208 g/mol. The van der Waals surface area contributed by atoms with Crippen LogP contribution < -0.4 is 11.1 Å². The molecule has 4 heteroatoms. The highest BCUT2D eigenvalue weighted by Crippen LogP contribution is 2.11. The molecule has 1 rings (SSSR count). The van der Waals surface area contributed by atoms with Crippen molar-refractivity contribution in [3.63, 3.8) is 0 Å². The van der Waals surface area contributed by atoms with Gasteiger partial charge in [-0.3, -0.25) is 4.79 Å². The fourth-order valence-electron chi connectivity index (χ4n) is 1.16. The minimum Gasteiger partial charge on any atom is -0.380 e. The number of rotatable bonds is 4. The van der Waals surface area contributed by atoms with Crippen LogP contribution in [0.25, 0.3) is 0 Å². The lowest BCUT2D eigenvalue weighted by Gasteiger charge is -2.08. The van der Waals surface area contributed by atoms with Crippen LogP contribution >= 0.6 is 0 Å². The fraction of sp³-hybridized carbons (Fsp3) is 0.364. The Labute approximate surface area is 89.4 Å². The van der Waals surface area contributed by atoms with Crippen molar-refractivity contribution in [1.82, 2.24) is 0 Å². The van der Waals surface area contributed by atoms with Crippen molar-refractivity contribution in [3.05, 3.63) is 29.8 Å². The van der Waals surface area contributed by atoms with Crippen LogP contribution in [0.4, 0.5) is 5.69 Å². The van der Waals surface area contributed by atoms with Gasteiger partial charge < -0.3 is 15.8 Å². The number of amides is 1. The Morgan fingerprint density at radius 2 is 2.33 bits per heavy atom. The number of ether oxygens (including phenoxy) is 1. The summed E-state index contributed by atoms with van der Waals surface area (Å²) in [4.78, 5) is 11.3. The van der Waals surface area contributed by atoms with E-state index < -0.39 is 6.04 Å². The second kappa shape index (κ2) is 5.48. The Bertz CT molecular complexity index is 337. The Balaban J connectivity index is 2.69. The molecule has 15 heavy (non-hydrogen) atoms. The predicted octanol–water partition coefficient (Wildman–Crippen LogP) is 1.12. The number of carbonyl (C=O) groups is 1. The second-order valence-electron chi connectivity index (χ2n) is 3.41. The highest BCUT2D eigenvalue weighted by Gasteiger charge is 2.07. The van der Waals surface area contributed by atoms with E-state index in [9.17, 15) is 4.79 Å². The maximum absolute atomic E-state index is 11.3. The summed E-state index contributed by atoms with van der Waals surface area (Å²) in [5.74, 6) is -0.190. The molecule has 1 atom stereocenters.